The molecule has 0 saturated heterocycles. The Kier molecular flexibility index (Phi) is 4.27. The molecule has 0 bridgehead atoms. The molecule has 1 aromatic heterocycles. The Bertz CT molecular complexity index is 436. The summed E-state index contributed by atoms with van der Waals surface area (Å²) in [6, 6.07) is 1.73. The number of aromatic nitrogens is 1. The predicted octanol–water partition coefficient (Wildman–Crippen LogP) is 2.43. The fourth-order valence-electron chi connectivity index (χ4n) is 1.29. The summed E-state index contributed by atoms with van der Waals surface area (Å²) in [6.45, 7) is 1.82. The van der Waals surface area contributed by atoms with E-state index in [0.29, 0.717) is 5.56 Å². The van der Waals surface area contributed by atoms with Crippen molar-refractivity contribution in [2.24, 2.45) is 0 Å². The molecule has 0 aromatic carbocycles. The van der Waals surface area contributed by atoms with Crippen LogP contribution in [0, 0.1) is 0 Å². The third-order valence-electron chi connectivity index (χ3n) is 1.94. The second kappa shape index (κ2) is 5.70. The number of hydrogen-bond acceptors (Lipinski definition) is 3. The molecule has 4 heteroatoms. The molecule has 0 aliphatic rings. The van der Waals surface area contributed by atoms with E-state index in [1.165, 1.54) is 19.6 Å². The highest BCUT2D eigenvalue weighted by atomic mass is 16.5. The molecule has 1 rings (SSSR count). The lowest BCUT2D eigenvalue weighted by molar-refractivity contribution is 0.0690. The molecule has 16 heavy (non-hydrogen) atoms. The molecule has 0 radical (unpaired) electrons. The molecule has 1 aromatic rings. The van der Waals surface area contributed by atoms with Gasteiger partial charge in [-0.1, -0.05) is 12.2 Å². The van der Waals surface area contributed by atoms with Crippen LogP contribution >= 0.6 is 0 Å². The second-order valence-corrected chi connectivity index (χ2v) is 3.01. The third kappa shape index (κ3) is 2.70. The summed E-state index contributed by atoms with van der Waals surface area (Å²) in [5, 5.41) is 8.99. The zero-order valence-electron chi connectivity index (χ0n) is 9.18. The second-order valence-electron chi connectivity index (χ2n) is 3.01. The van der Waals surface area contributed by atoms with Crippen LogP contribution in [0.5, 0.6) is 0 Å². The maximum atomic E-state index is 11.0. The summed E-state index contributed by atoms with van der Waals surface area (Å²) in [5.74, 6) is -1.04. The molecule has 1 heterocycles. The van der Waals surface area contributed by atoms with Gasteiger partial charge in [-0.05, 0) is 24.6 Å². The Morgan fingerprint density at radius 2 is 2.25 bits per heavy atom. The lowest BCUT2D eigenvalue weighted by atomic mass is 10.1. The molecule has 0 spiro atoms. The molecule has 0 unspecified atom stereocenters. The summed E-state index contributed by atoms with van der Waals surface area (Å²) >= 11 is 0. The number of rotatable bonds is 4. The van der Waals surface area contributed by atoms with E-state index in [4.69, 9.17) is 9.84 Å². The Morgan fingerprint density at radius 1 is 1.50 bits per heavy atom. The van der Waals surface area contributed by atoms with Gasteiger partial charge >= 0.3 is 5.97 Å². The highest BCUT2D eigenvalue weighted by Crippen LogP contribution is 2.16. The minimum Gasteiger partial charge on any atom is -0.504 e. The van der Waals surface area contributed by atoms with E-state index in [0.717, 1.165) is 5.56 Å². The molecule has 0 fully saturated rings. The first-order chi connectivity index (χ1) is 7.70. The highest BCUT2D eigenvalue weighted by Gasteiger charge is 2.11. The van der Waals surface area contributed by atoms with E-state index in [2.05, 4.69) is 4.98 Å². The molecule has 1 N–H and O–H groups in total. The van der Waals surface area contributed by atoms with E-state index >= 15 is 0 Å². The van der Waals surface area contributed by atoms with Gasteiger partial charge in [0.05, 0.1) is 13.4 Å². The van der Waals surface area contributed by atoms with Crippen molar-refractivity contribution < 1.29 is 14.6 Å². The van der Waals surface area contributed by atoms with E-state index in [-0.39, 0.29) is 5.69 Å². The molecule has 0 aliphatic heterocycles. The predicted molar refractivity (Wildman–Crippen MR) is 61.9 cm³/mol. The van der Waals surface area contributed by atoms with Crippen LogP contribution in [0.15, 0.2) is 24.6 Å². The van der Waals surface area contributed by atoms with Gasteiger partial charge < -0.3 is 9.84 Å². The Balaban J connectivity index is 3.32. The van der Waals surface area contributed by atoms with E-state index in [9.17, 15) is 4.79 Å². The van der Waals surface area contributed by atoms with E-state index in [1.807, 2.05) is 6.92 Å². The van der Waals surface area contributed by atoms with Crippen molar-refractivity contribution in [3.8, 4) is 0 Å². The normalized spacial score (nSPS) is 11.1. The number of nitrogens with zero attached hydrogens (tertiary/aromatic N) is 1. The molecular weight excluding hydrogens is 206 g/mol. The van der Waals surface area contributed by atoms with Crippen LogP contribution in [0.25, 0.3) is 12.2 Å². The number of carbonyl (C=O) groups is 1. The van der Waals surface area contributed by atoms with Crippen molar-refractivity contribution in [3.63, 3.8) is 0 Å². The van der Waals surface area contributed by atoms with Gasteiger partial charge in [0.2, 0.25) is 0 Å². The van der Waals surface area contributed by atoms with Gasteiger partial charge in [0, 0.05) is 11.8 Å². The number of carboxylic acid groups (broad SMARTS) is 1. The smallest absolute Gasteiger partial charge is 0.355 e. The maximum absolute atomic E-state index is 11.0. The van der Waals surface area contributed by atoms with E-state index < -0.39 is 5.97 Å². The van der Waals surface area contributed by atoms with Crippen molar-refractivity contribution in [2.75, 3.05) is 7.11 Å². The number of pyridine rings is 1. The van der Waals surface area contributed by atoms with Crippen LogP contribution in [0.4, 0.5) is 0 Å². The molecule has 0 aliphatic carbocycles. The van der Waals surface area contributed by atoms with Crippen molar-refractivity contribution in [3.05, 3.63) is 41.4 Å². The minimum absolute atomic E-state index is 0.0383. The number of carboxylic acids is 1. The SMILES string of the molecule is C/C=C\c1c(/C=C/OC)ccnc1C(=O)O. The Hall–Kier alpha value is -2.10. The van der Waals surface area contributed by atoms with Crippen LogP contribution in [-0.4, -0.2) is 23.2 Å². The van der Waals surface area contributed by atoms with Crippen molar-refractivity contribution in [2.45, 2.75) is 6.92 Å². The first-order valence-corrected chi connectivity index (χ1v) is 4.75. The van der Waals surface area contributed by atoms with E-state index in [1.54, 1.807) is 24.3 Å². The average molecular weight is 219 g/mol. The molecule has 84 valence electrons. The van der Waals surface area contributed by atoms with Gasteiger partial charge in [0.25, 0.3) is 0 Å². The zero-order chi connectivity index (χ0) is 12.0. The van der Waals surface area contributed by atoms with Gasteiger partial charge in [-0.3, -0.25) is 0 Å². The quantitative estimate of drug-likeness (QED) is 0.790. The molecule has 4 nitrogen and oxygen atoms in total. The Morgan fingerprint density at radius 3 is 2.81 bits per heavy atom. The van der Waals surface area contributed by atoms with Gasteiger partial charge in [0.1, 0.15) is 0 Å². The summed E-state index contributed by atoms with van der Waals surface area (Å²) in [5.41, 5.74) is 1.37. The van der Waals surface area contributed by atoms with Gasteiger partial charge in [0.15, 0.2) is 5.69 Å². The Labute approximate surface area is 93.9 Å². The molecular formula is C12H13NO3. The average Bonchev–Trinajstić information content (AvgIpc) is 2.27. The fourth-order valence-corrected chi connectivity index (χ4v) is 1.29. The van der Waals surface area contributed by atoms with Crippen LogP contribution in [0.2, 0.25) is 0 Å². The number of methoxy groups -OCH3 is 1. The number of hydrogen-bond donors (Lipinski definition) is 1. The zero-order valence-corrected chi connectivity index (χ0v) is 9.18. The highest BCUT2D eigenvalue weighted by molar-refractivity contribution is 5.91. The summed E-state index contributed by atoms with van der Waals surface area (Å²) in [7, 11) is 1.53. The number of allylic oxidation sites excluding steroid dienone is 1. The lowest BCUT2D eigenvalue weighted by Gasteiger charge is -2.04. The van der Waals surface area contributed by atoms with Crippen molar-refractivity contribution in [1.82, 2.24) is 4.98 Å². The largest absolute Gasteiger partial charge is 0.504 e. The summed E-state index contributed by atoms with van der Waals surface area (Å²) < 4.78 is 4.81. The standard InChI is InChI=1S/C12H13NO3/c1-3-4-10-9(6-8-16-2)5-7-13-11(10)12(14)15/h3-8H,1-2H3,(H,14,15)/b4-3-,8-6+. The monoisotopic (exact) mass is 219 g/mol. The van der Waals surface area contributed by atoms with Gasteiger partial charge in [-0.2, -0.15) is 0 Å². The summed E-state index contributed by atoms with van der Waals surface area (Å²) in [4.78, 5) is 14.8. The third-order valence-corrected chi connectivity index (χ3v) is 1.94. The van der Waals surface area contributed by atoms with Gasteiger partial charge in [-0.15, -0.1) is 0 Å². The number of aromatic carboxylic acids is 1. The van der Waals surface area contributed by atoms with Crippen LogP contribution in [-0.2, 0) is 4.74 Å². The van der Waals surface area contributed by atoms with Crippen LogP contribution < -0.4 is 0 Å². The first kappa shape index (κ1) is 12.0. The topological polar surface area (TPSA) is 59.4 Å². The number of ether oxygens (including phenoxy) is 1. The van der Waals surface area contributed by atoms with Gasteiger partial charge in [-0.25, -0.2) is 9.78 Å². The van der Waals surface area contributed by atoms with Crippen LogP contribution in [0.1, 0.15) is 28.5 Å². The maximum Gasteiger partial charge on any atom is 0.355 e. The lowest BCUT2D eigenvalue weighted by Crippen LogP contribution is -2.04. The first-order valence-electron chi connectivity index (χ1n) is 4.75. The summed E-state index contributed by atoms with van der Waals surface area (Å²) in [6.07, 6.45) is 8.14. The fraction of sp³-hybridized carbons (Fsp3) is 0.167. The van der Waals surface area contributed by atoms with Crippen molar-refractivity contribution in [1.29, 1.82) is 0 Å². The van der Waals surface area contributed by atoms with Crippen LogP contribution in [0.3, 0.4) is 0 Å². The molecule has 0 saturated carbocycles. The molecule has 0 atom stereocenters. The molecule has 0 amide bonds. The minimum atomic E-state index is -1.04. The van der Waals surface area contributed by atoms with Crippen molar-refractivity contribution >= 4 is 18.1 Å².